The predicted molar refractivity (Wildman–Crippen MR) is 47.9 cm³/mol. The van der Waals surface area contributed by atoms with Gasteiger partial charge in [0.1, 0.15) is 5.75 Å². The van der Waals surface area contributed by atoms with Gasteiger partial charge in [-0.25, -0.2) is 0 Å². The molecular weight excluding hydrogens is 136 g/mol. The van der Waals surface area contributed by atoms with Crippen LogP contribution in [-0.2, 0) is 0 Å². The lowest BCUT2D eigenvalue weighted by Gasteiger charge is -2.07. The van der Waals surface area contributed by atoms with Crippen molar-refractivity contribution in [2.45, 2.75) is 26.2 Å². The van der Waals surface area contributed by atoms with Gasteiger partial charge in [0.15, 0.2) is 0 Å². The minimum absolute atomic E-state index is 0. The van der Waals surface area contributed by atoms with Crippen LogP contribution in [-0.4, -0.2) is 5.11 Å². The van der Waals surface area contributed by atoms with Crippen molar-refractivity contribution in [3.8, 4) is 5.75 Å². The van der Waals surface area contributed by atoms with Gasteiger partial charge < -0.3 is 6.53 Å². The van der Waals surface area contributed by atoms with Crippen LogP contribution < -0.4 is 0 Å². The van der Waals surface area contributed by atoms with E-state index in [1.165, 1.54) is 5.56 Å². The predicted octanol–water partition coefficient (Wildman–Crippen LogP) is 3.02. The van der Waals surface area contributed by atoms with E-state index in [-0.39, 0.29) is 1.43 Å². The maximum Gasteiger partial charge on any atom is 0.115 e. The molecular formula is C10H15O-. The van der Waals surface area contributed by atoms with E-state index in [1.807, 2.05) is 12.1 Å². The molecule has 0 aliphatic rings. The summed E-state index contributed by atoms with van der Waals surface area (Å²) in [4.78, 5) is 0. The number of rotatable bonds is 2. The second kappa shape index (κ2) is 3.42. The van der Waals surface area contributed by atoms with Crippen LogP contribution in [0.25, 0.3) is 0 Å². The first-order valence-corrected chi connectivity index (χ1v) is 4.03. The van der Waals surface area contributed by atoms with Gasteiger partial charge in [0.25, 0.3) is 0 Å². The third-order valence-corrected chi connectivity index (χ3v) is 2.07. The highest BCUT2D eigenvalue weighted by atomic mass is 16.3. The first kappa shape index (κ1) is 8.12. The van der Waals surface area contributed by atoms with Crippen molar-refractivity contribution in [3.05, 3.63) is 29.8 Å². The Kier molecular flexibility index (Phi) is 2.53. The molecule has 0 aliphatic heterocycles. The molecule has 11 heavy (non-hydrogen) atoms. The number of aromatic hydroxyl groups is 1. The Hall–Kier alpha value is -0.980. The average Bonchev–Trinajstić information content (AvgIpc) is 2.05. The Morgan fingerprint density at radius 1 is 1.36 bits per heavy atom. The van der Waals surface area contributed by atoms with E-state index >= 15 is 0 Å². The van der Waals surface area contributed by atoms with Crippen LogP contribution in [0.15, 0.2) is 24.3 Å². The molecule has 0 fully saturated rings. The third kappa shape index (κ3) is 1.97. The topological polar surface area (TPSA) is 20.2 Å². The van der Waals surface area contributed by atoms with Gasteiger partial charge in [-0.3, -0.25) is 0 Å². The van der Waals surface area contributed by atoms with Crippen LogP contribution in [0, 0.1) is 0 Å². The van der Waals surface area contributed by atoms with E-state index in [2.05, 4.69) is 13.8 Å². The van der Waals surface area contributed by atoms with Gasteiger partial charge >= 0.3 is 0 Å². The molecule has 1 heteroatoms. The lowest BCUT2D eigenvalue weighted by molar-refractivity contribution is 0.475. The smallest absolute Gasteiger partial charge is 0.115 e. The van der Waals surface area contributed by atoms with Crippen molar-refractivity contribution < 1.29 is 6.53 Å². The van der Waals surface area contributed by atoms with Gasteiger partial charge in [-0.2, -0.15) is 0 Å². The number of phenolic OH excluding ortho intramolecular Hbond substituents is 1. The minimum atomic E-state index is 0. The largest absolute Gasteiger partial charge is 1.00 e. The van der Waals surface area contributed by atoms with Crippen LogP contribution in [0.4, 0.5) is 0 Å². The molecule has 0 amide bonds. The molecule has 0 saturated heterocycles. The molecule has 1 aromatic rings. The standard InChI is InChI=1S/C10H14O.H/c1-3-8(2)9-4-6-10(11)7-5-9;/h4-8,11H,3H2,1-2H3;/q;-1/i;1+1. The Morgan fingerprint density at radius 3 is 2.36 bits per heavy atom. The summed E-state index contributed by atoms with van der Waals surface area (Å²) in [6.45, 7) is 4.35. The summed E-state index contributed by atoms with van der Waals surface area (Å²) in [5.74, 6) is 0.938. The van der Waals surface area contributed by atoms with Crippen LogP contribution in [0.1, 0.15) is 33.2 Å². The van der Waals surface area contributed by atoms with E-state index in [0.717, 1.165) is 6.42 Å². The zero-order chi connectivity index (χ0) is 8.27. The average molecular weight is 152 g/mol. The van der Waals surface area contributed by atoms with E-state index < -0.39 is 0 Å². The maximum absolute atomic E-state index is 9.01. The fraction of sp³-hybridized carbons (Fsp3) is 0.400. The van der Waals surface area contributed by atoms with Crippen molar-refractivity contribution >= 4 is 0 Å². The maximum atomic E-state index is 9.01. The number of phenols is 1. The van der Waals surface area contributed by atoms with E-state index in [1.54, 1.807) is 12.1 Å². The van der Waals surface area contributed by atoms with Crippen LogP contribution in [0.5, 0.6) is 5.75 Å². The quantitative estimate of drug-likeness (QED) is 0.690. The molecule has 1 atom stereocenters. The number of hydrogen-bond acceptors (Lipinski definition) is 1. The molecule has 1 unspecified atom stereocenters. The summed E-state index contributed by atoms with van der Waals surface area (Å²) in [7, 11) is 0. The SMILES string of the molecule is CCC(C)c1ccc(O)cc1.[2H-]. The zero-order valence-electron chi connectivity index (χ0n) is 8.04. The first-order chi connectivity index (χ1) is 5.24. The molecule has 1 N–H and O–H groups in total. The van der Waals surface area contributed by atoms with E-state index in [9.17, 15) is 0 Å². The molecule has 0 saturated carbocycles. The Balaban J connectivity index is 0.00000121. The van der Waals surface area contributed by atoms with Crippen molar-refractivity contribution in [2.24, 2.45) is 0 Å². The van der Waals surface area contributed by atoms with Crippen molar-refractivity contribution in [2.75, 3.05) is 0 Å². The molecule has 0 radical (unpaired) electrons. The Bertz CT molecular complexity index is 218. The first-order valence-electron chi connectivity index (χ1n) is 4.03. The second-order valence-electron chi connectivity index (χ2n) is 2.90. The summed E-state index contributed by atoms with van der Waals surface area (Å²) in [6.07, 6.45) is 1.14. The van der Waals surface area contributed by atoms with Crippen LogP contribution in [0.3, 0.4) is 0 Å². The molecule has 0 aliphatic carbocycles. The van der Waals surface area contributed by atoms with Crippen molar-refractivity contribution in [3.63, 3.8) is 0 Å². The van der Waals surface area contributed by atoms with Crippen LogP contribution in [0.2, 0.25) is 0 Å². The summed E-state index contributed by atoms with van der Waals surface area (Å²) >= 11 is 0. The van der Waals surface area contributed by atoms with Crippen molar-refractivity contribution in [1.82, 2.24) is 0 Å². The Morgan fingerprint density at radius 2 is 1.91 bits per heavy atom. The zero-order valence-corrected chi connectivity index (χ0v) is 7.04. The van der Waals surface area contributed by atoms with Gasteiger partial charge in [0.05, 0.1) is 0 Å². The second-order valence-corrected chi connectivity index (χ2v) is 2.90. The molecule has 1 aromatic carbocycles. The third-order valence-electron chi connectivity index (χ3n) is 2.07. The molecule has 62 valence electrons. The van der Waals surface area contributed by atoms with Gasteiger partial charge in [0, 0.05) is 0 Å². The molecule has 1 rings (SSSR count). The summed E-state index contributed by atoms with van der Waals surface area (Å²) in [5.41, 5.74) is 1.30. The molecule has 0 heterocycles. The molecule has 0 aromatic heterocycles. The highest BCUT2D eigenvalue weighted by Crippen LogP contribution is 2.20. The van der Waals surface area contributed by atoms with E-state index in [4.69, 9.17) is 5.11 Å². The highest BCUT2D eigenvalue weighted by molar-refractivity contribution is 5.27. The van der Waals surface area contributed by atoms with Gasteiger partial charge in [-0.15, -0.1) is 0 Å². The minimum Gasteiger partial charge on any atom is -1.00 e. The summed E-state index contributed by atoms with van der Waals surface area (Å²) < 4.78 is 0. The fourth-order valence-electron chi connectivity index (χ4n) is 1.04. The van der Waals surface area contributed by atoms with Gasteiger partial charge in [-0.05, 0) is 30.0 Å². The molecule has 0 spiro atoms. The Labute approximate surface area is 69.2 Å². The summed E-state index contributed by atoms with van der Waals surface area (Å²) in [6, 6.07) is 7.43. The van der Waals surface area contributed by atoms with Gasteiger partial charge in [0.2, 0.25) is 0 Å². The molecule has 1 nitrogen and oxygen atoms in total. The van der Waals surface area contributed by atoms with E-state index in [0.29, 0.717) is 11.7 Å². The number of hydrogen-bond donors (Lipinski definition) is 1. The monoisotopic (exact) mass is 152 g/mol. The highest BCUT2D eigenvalue weighted by Gasteiger charge is 2.00. The number of benzene rings is 1. The van der Waals surface area contributed by atoms with Crippen LogP contribution >= 0.6 is 0 Å². The molecule has 0 bridgehead atoms. The lowest BCUT2D eigenvalue weighted by atomic mass is 9.99. The lowest BCUT2D eigenvalue weighted by Crippen LogP contribution is -1.89. The van der Waals surface area contributed by atoms with Crippen molar-refractivity contribution in [1.29, 1.82) is 0 Å². The fourth-order valence-corrected chi connectivity index (χ4v) is 1.04. The van der Waals surface area contributed by atoms with Gasteiger partial charge in [-0.1, -0.05) is 26.0 Å². The normalized spacial score (nSPS) is 12.9. The summed E-state index contributed by atoms with van der Waals surface area (Å²) in [5, 5.41) is 9.01.